The Morgan fingerprint density at radius 1 is 1.21 bits per heavy atom. The van der Waals surface area contributed by atoms with Gasteiger partial charge in [0.05, 0.1) is 13.2 Å². The molecule has 0 atom stereocenters. The number of rotatable bonds is 5. The van der Waals surface area contributed by atoms with Crippen molar-refractivity contribution in [2.45, 2.75) is 6.54 Å². The quantitative estimate of drug-likeness (QED) is 0.715. The van der Waals surface area contributed by atoms with Crippen LogP contribution in [0.2, 0.25) is 0 Å². The van der Waals surface area contributed by atoms with E-state index in [2.05, 4.69) is 20.2 Å². The normalized spacial score (nSPS) is 14.1. The summed E-state index contributed by atoms with van der Waals surface area (Å²) in [5.41, 5.74) is 1.61. The number of nitrogens with zero attached hydrogens (tertiary/aromatic N) is 3. The molecule has 8 heteroatoms. The van der Waals surface area contributed by atoms with Crippen molar-refractivity contribution in [3.8, 4) is 10.6 Å². The molecule has 0 bridgehead atoms. The predicted molar refractivity (Wildman–Crippen MR) is 106 cm³/mol. The van der Waals surface area contributed by atoms with Gasteiger partial charge in [-0.3, -0.25) is 4.79 Å². The average Bonchev–Trinajstić information content (AvgIpc) is 3.24. The number of halogens is 1. The Bertz CT molecular complexity index is 955. The van der Waals surface area contributed by atoms with E-state index < -0.39 is 0 Å². The maximum Gasteiger partial charge on any atom is 0.271 e. The van der Waals surface area contributed by atoms with Crippen LogP contribution in [0.3, 0.4) is 0 Å². The number of morpholine rings is 1. The van der Waals surface area contributed by atoms with Crippen LogP contribution in [-0.2, 0) is 11.3 Å². The molecule has 6 nitrogen and oxygen atoms in total. The Hall–Kier alpha value is -2.84. The second kappa shape index (κ2) is 8.45. The van der Waals surface area contributed by atoms with Gasteiger partial charge in [-0.25, -0.2) is 14.4 Å². The van der Waals surface area contributed by atoms with E-state index in [1.807, 2.05) is 12.1 Å². The highest BCUT2D eigenvalue weighted by Crippen LogP contribution is 2.25. The lowest BCUT2D eigenvalue weighted by Gasteiger charge is -2.27. The molecule has 0 aliphatic carbocycles. The minimum absolute atomic E-state index is 0.119. The fraction of sp³-hybridized carbons (Fsp3) is 0.250. The number of carbonyl (C=O) groups is 1. The third-order valence-corrected chi connectivity index (χ3v) is 5.36. The molecule has 1 aliphatic heterocycles. The van der Waals surface area contributed by atoms with Gasteiger partial charge < -0.3 is 15.0 Å². The molecule has 3 aromatic rings. The second-order valence-corrected chi connectivity index (χ2v) is 7.17. The van der Waals surface area contributed by atoms with Crippen molar-refractivity contribution in [2.75, 3.05) is 31.2 Å². The first kappa shape index (κ1) is 18.5. The fourth-order valence-corrected chi connectivity index (χ4v) is 3.70. The molecule has 0 radical (unpaired) electrons. The number of nitrogens with one attached hydrogen (secondary N) is 1. The first-order chi connectivity index (χ1) is 13.7. The van der Waals surface area contributed by atoms with Crippen LogP contribution in [0.5, 0.6) is 0 Å². The Morgan fingerprint density at radius 3 is 2.79 bits per heavy atom. The number of hydrogen-bond donors (Lipinski definition) is 1. The van der Waals surface area contributed by atoms with E-state index in [1.54, 1.807) is 29.8 Å². The molecule has 0 spiro atoms. The molecular weight excluding hydrogens is 379 g/mol. The number of amides is 1. The van der Waals surface area contributed by atoms with Gasteiger partial charge >= 0.3 is 0 Å². The summed E-state index contributed by atoms with van der Waals surface area (Å²) in [6, 6.07) is 10.3. The minimum Gasteiger partial charge on any atom is -0.378 e. The van der Waals surface area contributed by atoms with Gasteiger partial charge in [-0.2, -0.15) is 0 Å². The molecule has 0 saturated carbocycles. The lowest BCUT2D eigenvalue weighted by molar-refractivity contribution is 0.0946. The molecule has 3 heterocycles. The zero-order valence-electron chi connectivity index (χ0n) is 15.1. The lowest BCUT2D eigenvalue weighted by atomic mass is 10.2. The third-order valence-electron chi connectivity index (χ3n) is 4.46. The van der Waals surface area contributed by atoms with Crippen molar-refractivity contribution in [2.24, 2.45) is 0 Å². The van der Waals surface area contributed by atoms with Crippen LogP contribution in [0, 0.1) is 5.82 Å². The van der Waals surface area contributed by atoms with Crippen LogP contribution in [-0.4, -0.2) is 42.2 Å². The van der Waals surface area contributed by atoms with E-state index in [-0.39, 0.29) is 18.3 Å². The minimum atomic E-state index is -0.340. The number of anilines is 1. The smallest absolute Gasteiger partial charge is 0.271 e. The van der Waals surface area contributed by atoms with Crippen molar-refractivity contribution in [3.63, 3.8) is 0 Å². The van der Waals surface area contributed by atoms with E-state index in [9.17, 15) is 9.18 Å². The topological polar surface area (TPSA) is 67.4 Å². The summed E-state index contributed by atoms with van der Waals surface area (Å²) in [6.07, 6.45) is 1.77. The van der Waals surface area contributed by atoms with E-state index in [0.717, 1.165) is 29.5 Å². The van der Waals surface area contributed by atoms with Gasteiger partial charge in [-0.1, -0.05) is 18.2 Å². The molecule has 28 heavy (non-hydrogen) atoms. The van der Waals surface area contributed by atoms with Gasteiger partial charge in [0.15, 0.2) is 0 Å². The van der Waals surface area contributed by atoms with Crippen LogP contribution < -0.4 is 10.2 Å². The molecule has 144 valence electrons. The highest BCUT2D eigenvalue weighted by Gasteiger charge is 2.15. The van der Waals surface area contributed by atoms with Crippen LogP contribution in [0.25, 0.3) is 10.6 Å². The Morgan fingerprint density at radius 2 is 2.04 bits per heavy atom. The third kappa shape index (κ3) is 4.18. The van der Waals surface area contributed by atoms with Gasteiger partial charge in [0.25, 0.3) is 5.91 Å². The predicted octanol–water partition coefficient (Wildman–Crippen LogP) is 3.11. The maximum atomic E-state index is 13.7. The van der Waals surface area contributed by atoms with Crippen molar-refractivity contribution in [1.82, 2.24) is 15.3 Å². The summed E-state index contributed by atoms with van der Waals surface area (Å²) in [5.74, 6) is 0.239. The van der Waals surface area contributed by atoms with Crippen LogP contribution in [0.4, 0.5) is 10.2 Å². The Labute approximate surface area is 166 Å². The summed E-state index contributed by atoms with van der Waals surface area (Å²) in [7, 11) is 0. The number of hydrogen-bond acceptors (Lipinski definition) is 6. The summed E-state index contributed by atoms with van der Waals surface area (Å²) in [6.45, 7) is 3.20. The standard InChI is InChI=1S/C20H19FN4O2S/c21-16-4-2-1-3-14(16)11-23-19(26)17-13-28-20(24-17)15-5-6-18(22-12-15)25-7-9-27-10-8-25/h1-6,12-13H,7-11H2,(H,23,26). The van der Waals surface area contributed by atoms with Gasteiger partial charge in [0.1, 0.15) is 22.3 Å². The van der Waals surface area contributed by atoms with Crippen LogP contribution in [0.1, 0.15) is 16.1 Å². The molecule has 2 aromatic heterocycles. The molecule has 1 aliphatic rings. The fourth-order valence-electron chi connectivity index (χ4n) is 2.91. The number of ether oxygens (including phenoxy) is 1. The van der Waals surface area contributed by atoms with Crippen LogP contribution in [0.15, 0.2) is 48.0 Å². The number of aromatic nitrogens is 2. The Balaban J connectivity index is 1.40. The van der Waals surface area contributed by atoms with Crippen molar-refractivity contribution in [1.29, 1.82) is 0 Å². The molecule has 1 amide bonds. The molecule has 0 unspecified atom stereocenters. The van der Waals surface area contributed by atoms with Gasteiger partial charge in [0.2, 0.25) is 0 Å². The van der Waals surface area contributed by atoms with Gasteiger partial charge in [0, 0.05) is 42.3 Å². The first-order valence-corrected chi connectivity index (χ1v) is 9.85. The van der Waals surface area contributed by atoms with E-state index in [4.69, 9.17) is 4.74 Å². The highest BCUT2D eigenvalue weighted by atomic mass is 32.1. The molecule has 1 N–H and O–H groups in total. The first-order valence-electron chi connectivity index (χ1n) is 8.97. The number of pyridine rings is 1. The zero-order chi connectivity index (χ0) is 19.3. The second-order valence-electron chi connectivity index (χ2n) is 6.32. The van der Waals surface area contributed by atoms with Crippen molar-refractivity contribution < 1.29 is 13.9 Å². The average molecular weight is 398 g/mol. The van der Waals surface area contributed by atoms with Crippen molar-refractivity contribution >= 4 is 23.1 Å². The monoisotopic (exact) mass is 398 g/mol. The Kier molecular flexibility index (Phi) is 5.59. The number of carbonyl (C=O) groups excluding carboxylic acids is 1. The van der Waals surface area contributed by atoms with E-state index in [0.29, 0.717) is 24.5 Å². The molecule has 1 aromatic carbocycles. The maximum absolute atomic E-state index is 13.7. The van der Waals surface area contributed by atoms with Crippen molar-refractivity contribution in [3.05, 3.63) is 65.0 Å². The zero-order valence-corrected chi connectivity index (χ0v) is 15.9. The number of benzene rings is 1. The van der Waals surface area contributed by atoms with Gasteiger partial charge in [-0.15, -0.1) is 11.3 Å². The lowest BCUT2D eigenvalue weighted by Crippen LogP contribution is -2.36. The largest absolute Gasteiger partial charge is 0.378 e. The highest BCUT2D eigenvalue weighted by molar-refractivity contribution is 7.13. The van der Waals surface area contributed by atoms with E-state index in [1.165, 1.54) is 17.4 Å². The summed E-state index contributed by atoms with van der Waals surface area (Å²) < 4.78 is 19.0. The molecule has 1 saturated heterocycles. The molecular formula is C20H19FN4O2S. The number of thiazole rings is 1. The van der Waals surface area contributed by atoms with Crippen LogP contribution >= 0.6 is 11.3 Å². The summed E-state index contributed by atoms with van der Waals surface area (Å²) >= 11 is 1.38. The summed E-state index contributed by atoms with van der Waals surface area (Å²) in [5, 5.41) is 5.12. The SMILES string of the molecule is O=C(NCc1ccccc1F)c1csc(-c2ccc(N3CCOCC3)nc2)n1. The van der Waals surface area contributed by atoms with Gasteiger partial charge in [-0.05, 0) is 18.2 Å². The van der Waals surface area contributed by atoms with E-state index >= 15 is 0 Å². The summed E-state index contributed by atoms with van der Waals surface area (Å²) in [4.78, 5) is 23.4. The molecule has 4 rings (SSSR count). The molecule has 1 fully saturated rings.